The second-order valence-electron chi connectivity index (χ2n) is 4.76. The van der Waals surface area contributed by atoms with Crippen molar-refractivity contribution in [2.45, 2.75) is 51.6 Å². The van der Waals surface area contributed by atoms with Crippen LogP contribution in [0, 0.1) is 0 Å². The topological polar surface area (TPSA) is 76.0 Å². The molecule has 5 nitrogen and oxygen atoms in total. The van der Waals surface area contributed by atoms with Gasteiger partial charge in [-0.3, -0.25) is 4.79 Å². The molecule has 0 radical (unpaired) electrons. The van der Waals surface area contributed by atoms with Crippen LogP contribution in [-0.4, -0.2) is 41.5 Å². The maximum atomic E-state index is 10.8. The molecule has 2 N–H and O–H groups in total. The lowest BCUT2D eigenvalue weighted by molar-refractivity contribution is -0.140. The Bertz CT molecular complexity index is 234. The molecule has 0 aliphatic carbocycles. The number of hydrogen-bond donors (Lipinski definition) is 2. The minimum Gasteiger partial charge on any atom is -0.469 e. The maximum Gasteiger partial charge on any atom is 0.455 e. The Kier molecular flexibility index (Phi) is 5.45. The van der Waals surface area contributed by atoms with Crippen molar-refractivity contribution in [1.82, 2.24) is 0 Å². The number of rotatable bonds is 6. The zero-order valence-corrected chi connectivity index (χ0v) is 10.6. The zero-order chi connectivity index (χ0) is 13.0. The van der Waals surface area contributed by atoms with Crippen molar-refractivity contribution in [3.63, 3.8) is 0 Å². The molecule has 0 aliphatic rings. The van der Waals surface area contributed by atoms with Crippen LogP contribution >= 0.6 is 0 Å². The van der Waals surface area contributed by atoms with Gasteiger partial charge in [-0.1, -0.05) is 0 Å². The summed E-state index contributed by atoms with van der Waals surface area (Å²) in [4.78, 5) is 10.8. The summed E-state index contributed by atoms with van der Waals surface area (Å²) in [5, 5.41) is 19.3. The van der Waals surface area contributed by atoms with Gasteiger partial charge < -0.3 is 19.5 Å². The van der Waals surface area contributed by atoms with Crippen LogP contribution in [0.15, 0.2) is 0 Å². The highest BCUT2D eigenvalue weighted by atomic mass is 16.5. The Labute approximate surface area is 96.9 Å². The largest absolute Gasteiger partial charge is 0.469 e. The number of ether oxygens (including phenoxy) is 1. The van der Waals surface area contributed by atoms with E-state index in [2.05, 4.69) is 4.74 Å². The zero-order valence-electron chi connectivity index (χ0n) is 10.6. The lowest BCUT2D eigenvalue weighted by Crippen LogP contribution is -2.50. The molecule has 0 spiro atoms. The molecule has 0 aromatic carbocycles. The minimum atomic E-state index is -1.10. The van der Waals surface area contributed by atoms with Gasteiger partial charge in [-0.05, 0) is 34.0 Å². The average molecular weight is 232 g/mol. The molecule has 0 rings (SSSR count). The first kappa shape index (κ1) is 15.4. The number of hydrogen-bond acceptors (Lipinski definition) is 5. The lowest BCUT2D eigenvalue weighted by Gasteiger charge is -2.38. The minimum absolute atomic E-state index is 0.0829. The molecular weight excluding hydrogens is 211 g/mol. The Hall–Kier alpha value is -0.585. The van der Waals surface area contributed by atoms with Crippen LogP contribution in [0.3, 0.4) is 0 Å². The molecule has 0 aromatic rings. The first-order chi connectivity index (χ1) is 7.10. The third-order valence-electron chi connectivity index (χ3n) is 2.73. The molecule has 0 aromatic heterocycles. The molecule has 0 aliphatic heterocycles. The third-order valence-corrected chi connectivity index (χ3v) is 2.73. The van der Waals surface area contributed by atoms with Gasteiger partial charge in [0.1, 0.15) is 0 Å². The lowest BCUT2D eigenvalue weighted by atomic mass is 9.79. The van der Waals surface area contributed by atoms with E-state index in [9.17, 15) is 14.9 Å². The van der Waals surface area contributed by atoms with Gasteiger partial charge in [-0.2, -0.15) is 0 Å². The van der Waals surface area contributed by atoms with Gasteiger partial charge in [0.15, 0.2) is 0 Å². The predicted octanol–water partition coefficient (Wildman–Crippen LogP) is 0.596. The van der Waals surface area contributed by atoms with Gasteiger partial charge in [0.05, 0.1) is 18.3 Å². The number of aliphatic hydroxyl groups is 1. The van der Waals surface area contributed by atoms with Gasteiger partial charge in [0.2, 0.25) is 0 Å². The molecule has 0 fully saturated rings. The van der Waals surface area contributed by atoms with Crippen LogP contribution < -0.4 is 0 Å². The van der Waals surface area contributed by atoms with Crippen LogP contribution in [0.2, 0.25) is 6.32 Å². The molecule has 0 saturated heterocycles. The fourth-order valence-electron chi connectivity index (χ4n) is 0.887. The van der Waals surface area contributed by atoms with Gasteiger partial charge >= 0.3 is 13.1 Å². The van der Waals surface area contributed by atoms with E-state index in [1.54, 1.807) is 27.7 Å². The molecule has 16 heavy (non-hydrogen) atoms. The summed E-state index contributed by atoms with van der Waals surface area (Å²) in [7, 11) is 0.191. The number of carbonyl (C=O) groups is 1. The fraction of sp³-hybridized carbons (Fsp3) is 0.900. The normalized spacial score (nSPS) is 12.4. The van der Waals surface area contributed by atoms with E-state index in [0.29, 0.717) is 0 Å². The second-order valence-corrected chi connectivity index (χ2v) is 4.76. The van der Waals surface area contributed by atoms with E-state index in [0.717, 1.165) is 0 Å². The van der Waals surface area contributed by atoms with Gasteiger partial charge in [0, 0.05) is 6.42 Å². The van der Waals surface area contributed by atoms with Crippen molar-refractivity contribution in [2.24, 2.45) is 0 Å². The number of carbonyl (C=O) groups excluding carboxylic acids is 1. The standard InChI is InChI=1S/C10H21BO5/c1-9(2,13)10(3,4)16-11(14)7-6-8(12)15-5/h13-14H,6-7H2,1-5H3. The molecule has 0 bridgehead atoms. The Morgan fingerprint density at radius 3 is 2.19 bits per heavy atom. The van der Waals surface area contributed by atoms with Crippen molar-refractivity contribution in [2.75, 3.05) is 7.11 Å². The van der Waals surface area contributed by atoms with Crippen molar-refractivity contribution < 1.29 is 24.3 Å². The van der Waals surface area contributed by atoms with Crippen LogP contribution in [0.25, 0.3) is 0 Å². The Morgan fingerprint density at radius 2 is 1.81 bits per heavy atom. The van der Waals surface area contributed by atoms with Crippen molar-refractivity contribution in [1.29, 1.82) is 0 Å². The van der Waals surface area contributed by atoms with Crippen LogP contribution in [0.1, 0.15) is 34.1 Å². The summed E-state index contributed by atoms with van der Waals surface area (Å²) >= 11 is 0. The highest BCUT2D eigenvalue weighted by Gasteiger charge is 2.38. The highest BCUT2D eigenvalue weighted by molar-refractivity contribution is 6.43. The summed E-state index contributed by atoms with van der Waals surface area (Å²) in [6.07, 6.45) is 0.228. The summed E-state index contributed by atoms with van der Waals surface area (Å²) in [6, 6.07) is 0. The van der Waals surface area contributed by atoms with Crippen molar-refractivity contribution in [3.05, 3.63) is 0 Å². The van der Waals surface area contributed by atoms with E-state index >= 15 is 0 Å². The van der Waals surface area contributed by atoms with E-state index < -0.39 is 24.3 Å². The van der Waals surface area contributed by atoms with E-state index in [4.69, 9.17) is 4.65 Å². The summed E-state index contributed by atoms with van der Waals surface area (Å²) < 4.78 is 9.74. The molecule has 0 saturated carbocycles. The Morgan fingerprint density at radius 1 is 1.31 bits per heavy atom. The summed E-state index contributed by atoms with van der Waals surface area (Å²) in [6.45, 7) is 6.54. The van der Waals surface area contributed by atoms with Gasteiger partial charge in [-0.15, -0.1) is 0 Å². The smallest absolute Gasteiger partial charge is 0.455 e. The first-order valence-electron chi connectivity index (χ1n) is 5.25. The van der Waals surface area contributed by atoms with Crippen LogP contribution in [-0.2, 0) is 14.2 Å². The molecule has 0 atom stereocenters. The van der Waals surface area contributed by atoms with E-state index in [-0.39, 0.29) is 12.7 Å². The van der Waals surface area contributed by atoms with Crippen LogP contribution in [0.4, 0.5) is 0 Å². The number of methoxy groups -OCH3 is 1. The maximum absolute atomic E-state index is 10.8. The quantitative estimate of drug-likeness (QED) is 0.518. The molecule has 0 heterocycles. The monoisotopic (exact) mass is 232 g/mol. The van der Waals surface area contributed by atoms with Gasteiger partial charge in [-0.25, -0.2) is 0 Å². The third kappa shape index (κ3) is 4.96. The molecule has 94 valence electrons. The van der Waals surface area contributed by atoms with E-state index in [1.807, 2.05) is 0 Å². The average Bonchev–Trinajstić information content (AvgIpc) is 2.11. The molecule has 6 heteroatoms. The number of esters is 1. The van der Waals surface area contributed by atoms with Crippen LogP contribution in [0.5, 0.6) is 0 Å². The second kappa shape index (κ2) is 5.66. The summed E-state index contributed by atoms with van der Waals surface area (Å²) in [5.41, 5.74) is -1.98. The Balaban J connectivity index is 4.14. The van der Waals surface area contributed by atoms with Crippen molar-refractivity contribution >= 4 is 13.1 Å². The SMILES string of the molecule is COC(=O)CCB(O)OC(C)(C)C(C)(C)O. The molecular formula is C10H21BO5. The first-order valence-corrected chi connectivity index (χ1v) is 5.25. The highest BCUT2D eigenvalue weighted by Crippen LogP contribution is 2.26. The summed E-state index contributed by atoms with van der Waals surface area (Å²) in [5.74, 6) is -0.399. The van der Waals surface area contributed by atoms with Gasteiger partial charge in [0.25, 0.3) is 0 Å². The fourth-order valence-corrected chi connectivity index (χ4v) is 0.887. The van der Waals surface area contributed by atoms with E-state index in [1.165, 1.54) is 7.11 Å². The molecule has 0 unspecified atom stereocenters. The van der Waals surface area contributed by atoms with Crippen molar-refractivity contribution in [3.8, 4) is 0 Å². The predicted molar refractivity (Wildman–Crippen MR) is 60.9 cm³/mol. The molecule has 0 amide bonds.